The molecule has 0 aliphatic carbocycles. The molecular formula is C8H16N4O2. The van der Waals surface area contributed by atoms with Crippen molar-refractivity contribution >= 4 is 11.9 Å². The Morgan fingerprint density at radius 3 is 2.64 bits per heavy atom. The third-order valence-corrected chi connectivity index (χ3v) is 2.59. The van der Waals surface area contributed by atoms with Gasteiger partial charge in [0, 0.05) is 20.1 Å². The molecule has 1 saturated heterocycles. The molecule has 6 nitrogen and oxygen atoms in total. The molecule has 6 heteroatoms. The van der Waals surface area contributed by atoms with Crippen molar-refractivity contribution in [3.63, 3.8) is 0 Å². The van der Waals surface area contributed by atoms with Gasteiger partial charge in [-0.2, -0.15) is 0 Å². The number of nitrogens with two attached hydrogens (primary N) is 2. The Balaban J connectivity index is 2.49. The van der Waals surface area contributed by atoms with E-state index in [1.54, 1.807) is 11.9 Å². The number of carbonyl (C=O) groups excluding carboxylic acids is 2. The van der Waals surface area contributed by atoms with Crippen LogP contribution in [0.5, 0.6) is 0 Å². The number of amides is 3. The largest absolute Gasteiger partial charge is 0.351 e. The molecule has 0 radical (unpaired) electrons. The Morgan fingerprint density at radius 2 is 2.21 bits per heavy atom. The quantitative estimate of drug-likeness (QED) is 0.571. The van der Waals surface area contributed by atoms with Gasteiger partial charge in [0.2, 0.25) is 5.91 Å². The molecule has 1 unspecified atom stereocenters. The minimum Gasteiger partial charge on any atom is -0.351 e. The molecule has 1 fully saturated rings. The standard InChI is InChI=1S/C8H16N4O2/c1-11(7(13)4-9)6-2-3-12(5-6)8(10)14/h6H,2-5,9H2,1H3,(H2,10,14). The van der Waals surface area contributed by atoms with E-state index in [-0.39, 0.29) is 18.5 Å². The fourth-order valence-corrected chi connectivity index (χ4v) is 1.61. The molecule has 0 aromatic rings. The first-order valence-corrected chi connectivity index (χ1v) is 4.56. The maximum absolute atomic E-state index is 11.2. The number of primary amides is 1. The summed E-state index contributed by atoms with van der Waals surface area (Å²) in [7, 11) is 1.70. The predicted octanol–water partition coefficient (Wildman–Crippen LogP) is -1.44. The third-order valence-electron chi connectivity index (χ3n) is 2.59. The van der Waals surface area contributed by atoms with Crippen LogP contribution in [0.4, 0.5) is 4.79 Å². The van der Waals surface area contributed by atoms with Gasteiger partial charge in [-0.3, -0.25) is 4.79 Å². The van der Waals surface area contributed by atoms with E-state index < -0.39 is 6.03 Å². The molecular weight excluding hydrogens is 184 g/mol. The number of likely N-dealkylation sites (N-methyl/N-ethyl adjacent to an activating group) is 1. The lowest BCUT2D eigenvalue weighted by Gasteiger charge is -2.23. The summed E-state index contributed by atoms with van der Waals surface area (Å²) < 4.78 is 0. The molecule has 1 rings (SSSR count). The van der Waals surface area contributed by atoms with Gasteiger partial charge in [0.15, 0.2) is 0 Å². The van der Waals surface area contributed by atoms with Gasteiger partial charge < -0.3 is 21.3 Å². The minimum atomic E-state index is -0.430. The molecule has 0 saturated carbocycles. The van der Waals surface area contributed by atoms with Crippen LogP contribution in [0, 0.1) is 0 Å². The summed E-state index contributed by atoms with van der Waals surface area (Å²) in [6.07, 6.45) is 0.769. The molecule has 80 valence electrons. The van der Waals surface area contributed by atoms with Gasteiger partial charge >= 0.3 is 6.03 Å². The van der Waals surface area contributed by atoms with Gasteiger partial charge in [0.05, 0.1) is 12.6 Å². The highest BCUT2D eigenvalue weighted by Crippen LogP contribution is 2.13. The molecule has 1 aliphatic heterocycles. The number of hydrogen-bond donors (Lipinski definition) is 2. The number of hydrogen-bond acceptors (Lipinski definition) is 3. The number of likely N-dealkylation sites (tertiary alicyclic amines) is 1. The van der Waals surface area contributed by atoms with E-state index in [4.69, 9.17) is 11.5 Å². The van der Waals surface area contributed by atoms with Crippen LogP contribution < -0.4 is 11.5 Å². The Bertz CT molecular complexity index is 243. The van der Waals surface area contributed by atoms with Crippen molar-refractivity contribution in [1.82, 2.24) is 9.80 Å². The molecule has 0 aromatic carbocycles. The molecule has 0 bridgehead atoms. The Hall–Kier alpha value is -1.30. The number of carbonyl (C=O) groups is 2. The minimum absolute atomic E-state index is 0.00354. The van der Waals surface area contributed by atoms with Crippen LogP contribution in [0.15, 0.2) is 0 Å². The van der Waals surface area contributed by atoms with Crippen molar-refractivity contribution in [1.29, 1.82) is 0 Å². The molecule has 4 N–H and O–H groups in total. The predicted molar refractivity (Wildman–Crippen MR) is 51.4 cm³/mol. The van der Waals surface area contributed by atoms with Gasteiger partial charge in [0.25, 0.3) is 0 Å². The van der Waals surface area contributed by atoms with Crippen molar-refractivity contribution in [3.8, 4) is 0 Å². The SMILES string of the molecule is CN(C(=O)CN)C1CCN(C(N)=O)C1. The second-order valence-corrected chi connectivity index (χ2v) is 3.44. The summed E-state index contributed by atoms with van der Waals surface area (Å²) in [6.45, 7) is 1.13. The lowest BCUT2D eigenvalue weighted by molar-refractivity contribution is -0.130. The smallest absolute Gasteiger partial charge is 0.314 e. The maximum atomic E-state index is 11.2. The Morgan fingerprint density at radius 1 is 1.57 bits per heavy atom. The van der Waals surface area contributed by atoms with Crippen LogP contribution in [0.1, 0.15) is 6.42 Å². The van der Waals surface area contributed by atoms with Gasteiger partial charge in [0.1, 0.15) is 0 Å². The highest BCUT2D eigenvalue weighted by molar-refractivity contribution is 5.78. The van der Waals surface area contributed by atoms with Crippen molar-refractivity contribution in [2.45, 2.75) is 12.5 Å². The van der Waals surface area contributed by atoms with E-state index >= 15 is 0 Å². The van der Waals surface area contributed by atoms with Gasteiger partial charge in [-0.05, 0) is 6.42 Å². The molecule has 14 heavy (non-hydrogen) atoms. The van der Waals surface area contributed by atoms with Crippen LogP contribution in [0.3, 0.4) is 0 Å². The summed E-state index contributed by atoms with van der Waals surface area (Å²) in [6, 6.07) is -0.375. The monoisotopic (exact) mass is 200 g/mol. The molecule has 3 amide bonds. The first-order valence-electron chi connectivity index (χ1n) is 4.56. The van der Waals surface area contributed by atoms with E-state index in [1.165, 1.54) is 4.90 Å². The third kappa shape index (κ3) is 2.14. The van der Waals surface area contributed by atoms with Crippen molar-refractivity contribution in [3.05, 3.63) is 0 Å². The maximum Gasteiger partial charge on any atom is 0.314 e. The summed E-state index contributed by atoms with van der Waals surface area (Å²) in [4.78, 5) is 25.2. The molecule has 0 spiro atoms. The lowest BCUT2D eigenvalue weighted by atomic mass is 10.2. The van der Waals surface area contributed by atoms with E-state index in [0.29, 0.717) is 13.1 Å². The zero-order valence-electron chi connectivity index (χ0n) is 8.27. The van der Waals surface area contributed by atoms with Crippen molar-refractivity contribution in [2.24, 2.45) is 11.5 Å². The molecule has 1 atom stereocenters. The zero-order chi connectivity index (χ0) is 10.7. The summed E-state index contributed by atoms with van der Waals surface area (Å²) in [5.74, 6) is -0.110. The van der Waals surface area contributed by atoms with Crippen LogP contribution in [-0.2, 0) is 4.79 Å². The molecule has 1 aliphatic rings. The zero-order valence-corrected chi connectivity index (χ0v) is 8.27. The van der Waals surface area contributed by atoms with E-state index in [9.17, 15) is 9.59 Å². The summed E-state index contributed by atoms with van der Waals surface area (Å²) >= 11 is 0. The van der Waals surface area contributed by atoms with Crippen LogP contribution in [0.2, 0.25) is 0 Å². The van der Waals surface area contributed by atoms with Crippen molar-refractivity contribution in [2.75, 3.05) is 26.7 Å². The van der Waals surface area contributed by atoms with Crippen LogP contribution >= 0.6 is 0 Å². The highest BCUT2D eigenvalue weighted by atomic mass is 16.2. The summed E-state index contributed by atoms with van der Waals surface area (Å²) in [5, 5.41) is 0. The van der Waals surface area contributed by atoms with Gasteiger partial charge in [-0.1, -0.05) is 0 Å². The van der Waals surface area contributed by atoms with E-state index in [1.807, 2.05) is 0 Å². The average Bonchev–Trinajstić information content (AvgIpc) is 2.64. The van der Waals surface area contributed by atoms with Crippen LogP contribution in [-0.4, -0.2) is 54.5 Å². The fourth-order valence-electron chi connectivity index (χ4n) is 1.61. The number of rotatable bonds is 2. The van der Waals surface area contributed by atoms with Gasteiger partial charge in [-0.25, -0.2) is 4.79 Å². The van der Waals surface area contributed by atoms with Crippen LogP contribution in [0.25, 0.3) is 0 Å². The highest BCUT2D eigenvalue weighted by Gasteiger charge is 2.29. The number of urea groups is 1. The normalized spacial score (nSPS) is 21.0. The van der Waals surface area contributed by atoms with E-state index in [2.05, 4.69) is 0 Å². The summed E-state index contributed by atoms with van der Waals surface area (Å²) in [5.41, 5.74) is 10.4. The second-order valence-electron chi connectivity index (χ2n) is 3.44. The first-order chi connectivity index (χ1) is 6.56. The Labute approximate surface area is 82.8 Å². The fraction of sp³-hybridized carbons (Fsp3) is 0.750. The molecule has 1 heterocycles. The number of nitrogens with zero attached hydrogens (tertiary/aromatic N) is 2. The Kier molecular flexibility index (Phi) is 3.29. The topological polar surface area (TPSA) is 92.7 Å². The molecule has 0 aromatic heterocycles. The first kappa shape index (κ1) is 10.8. The van der Waals surface area contributed by atoms with Crippen molar-refractivity contribution < 1.29 is 9.59 Å². The lowest BCUT2D eigenvalue weighted by Crippen LogP contribution is -2.43. The van der Waals surface area contributed by atoms with Gasteiger partial charge in [-0.15, -0.1) is 0 Å². The average molecular weight is 200 g/mol. The van der Waals surface area contributed by atoms with E-state index in [0.717, 1.165) is 6.42 Å². The second kappa shape index (κ2) is 4.28.